The molecule has 7 heteroatoms. The van der Waals surface area contributed by atoms with Gasteiger partial charge >= 0.3 is 5.69 Å². The molecule has 1 aromatic carbocycles. The number of aryl methyl sites for hydroxylation is 1. The van der Waals surface area contributed by atoms with E-state index in [1.54, 1.807) is 19.9 Å². The first-order valence-electron chi connectivity index (χ1n) is 6.37. The molecule has 2 aromatic rings. The number of nitrogens with one attached hydrogen (secondary N) is 2. The Morgan fingerprint density at radius 3 is 2.67 bits per heavy atom. The van der Waals surface area contributed by atoms with E-state index in [-0.39, 0.29) is 11.3 Å². The average molecular weight is 289 g/mol. The number of hydrogen-bond donors (Lipinski definition) is 3. The molecule has 0 saturated carbocycles. The van der Waals surface area contributed by atoms with E-state index in [4.69, 9.17) is 0 Å². The van der Waals surface area contributed by atoms with Gasteiger partial charge in [-0.1, -0.05) is 6.07 Å². The van der Waals surface area contributed by atoms with Crippen LogP contribution in [-0.4, -0.2) is 27.5 Å². The normalized spacial score (nSPS) is 10.4. The lowest BCUT2D eigenvalue weighted by Crippen LogP contribution is -2.37. The maximum absolute atomic E-state index is 12.5. The van der Waals surface area contributed by atoms with Crippen LogP contribution in [0.15, 0.2) is 34.0 Å². The lowest BCUT2D eigenvalue weighted by Gasteiger charge is -2.22. The summed E-state index contributed by atoms with van der Waals surface area (Å²) in [5.74, 6) is -0.527. The van der Waals surface area contributed by atoms with Crippen molar-refractivity contribution in [1.82, 2.24) is 9.97 Å². The number of hydrogen-bond acceptors (Lipinski definition) is 4. The summed E-state index contributed by atoms with van der Waals surface area (Å²) in [6, 6.07) is 4.65. The summed E-state index contributed by atoms with van der Waals surface area (Å²) in [5, 5.41) is 9.57. The van der Waals surface area contributed by atoms with Crippen LogP contribution in [-0.2, 0) is 0 Å². The van der Waals surface area contributed by atoms with Crippen LogP contribution in [0.3, 0.4) is 0 Å². The molecule has 0 radical (unpaired) electrons. The van der Waals surface area contributed by atoms with Crippen LogP contribution in [0.4, 0.5) is 5.69 Å². The number of carbonyl (C=O) groups is 1. The number of nitrogens with zero attached hydrogens (tertiary/aromatic N) is 1. The second-order valence-electron chi connectivity index (χ2n) is 4.51. The quantitative estimate of drug-likeness (QED) is 0.774. The van der Waals surface area contributed by atoms with Gasteiger partial charge in [-0.25, -0.2) is 4.79 Å². The van der Waals surface area contributed by atoms with Gasteiger partial charge in [0.15, 0.2) is 0 Å². The molecule has 0 aliphatic rings. The first-order chi connectivity index (χ1) is 9.93. The van der Waals surface area contributed by atoms with Gasteiger partial charge in [-0.3, -0.25) is 14.6 Å². The highest BCUT2D eigenvalue weighted by atomic mass is 16.3. The van der Waals surface area contributed by atoms with Crippen molar-refractivity contribution in [2.75, 3.05) is 11.4 Å². The largest absolute Gasteiger partial charge is 0.508 e. The van der Waals surface area contributed by atoms with Crippen molar-refractivity contribution in [2.45, 2.75) is 13.8 Å². The van der Waals surface area contributed by atoms with Crippen LogP contribution in [0.2, 0.25) is 0 Å². The van der Waals surface area contributed by atoms with Gasteiger partial charge in [-0.05, 0) is 25.5 Å². The lowest BCUT2D eigenvalue weighted by molar-refractivity contribution is 0.0986. The third kappa shape index (κ3) is 2.86. The fourth-order valence-corrected chi connectivity index (χ4v) is 2.03. The van der Waals surface area contributed by atoms with Gasteiger partial charge in [0.05, 0.1) is 5.69 Å². The van der Waals surface area contributed by atoms with Crippen molar-refractivity contribution in [3.05, 3.63) is 56.4 Å². The summed E-state index contributed by atoms with van der Waals surface area (Å²) in [5.41, 5.74) is -0.302. The Balaban J connectivity index is 2.50. The number of amides is 1. The zero-order valence-corrected chi connectivity index (χ0v) is 11.6. The van der Waals surface area contributed by atoms with E-state index in [1.807, 2.05) is 4.98 Å². The van der Waals surface area contributed by atoms with E-state index in [2.05, 4.69) is 4.98 Å². The van der Waals surface area contributed by atoms with Crippen molar-refractivity contribution in [2.24, 2.45) is 0 Å². The van der Waals surface area contributed by atoms with Gasteiger partial charge in [0.2, 0.25) is 0 Å². The number of H-pyrrole nitrogens is 2. The van der Waals surface area contributed by atoms with E-state index < -0.39 is 17.2 Å². The molecule has 1 aromatic heterocycles. The van der Waals surface area contributed by atoms with Crippen LogP contribution >= 0.6 is 0 Å². The molecular formula is C14H15N3O4. The predicted octanol–water partition coefficient (Wildman–Crippen LogP) is 0.744. The van der Waals surface area contributed by atoms with Crippen molar-refractivity contribution in [1.29, 1.82) is 0 Å². The summed E-state index contributed by atoms with van der Waals surface area (Å²) in [6.07, 6.45) is 1.09. The number of aromatic amines is 2. The number of aromatic nitrogens is 2. The second kappa shape index (κ2) is 5.66. The van der Waals surface area contributed by atoms with E-state index in [0.29, 0.717) is 12.2 Å². The van der Waals surface area contributed by atoms with E-state index >= 15 is 0 Å². The standard InChI is InChI=1S/C14H15N3O4/c1-3-17(11-6-9(18)5-4-8(11)2)13(20)10-7-15-14(21)16-12(10)19/h4-7,18H,3H2,1-2H3,(H2,15,16,19,21). The summed E-state index contributed by atoms with van der Waals surface area (Å²) >= 11 is 0. The highest BCUT2D eigenvalue weighted by Gasteiger charge is 2.21. The molecule has 1 amide bonds. The second-order valence-corrected chi connectivity index (χ2v) is 4.51. The predicted molar refractivity (Wildman–Crippen MR) is 77.9 cm³/mol. The van der Waals surface area contributed by atoms with Crippen LogP contribution in [0.1, 0.15) is 22.8 Å². The van der Waals surface area contributed by atoms with E-state index in [0.717, 1.165) is 11.8 Å². The van der Waals surface area contributed by atoms with Crippen LogP contribution in [0, 0.1) is 6.92 Å². The molecule has 7 nitrogen and oxygen atoms in total. The number of phenols is 1. The fraction of sp³-hybridized carbons (Fsp3) is 0.214. The molecule has 0 saturated heterocycles. The fourth-order valence-electron chi connectivity index (χ4n) is 2.03. The molecule has 2 rings (SSSR count). The molecule has 0 aliphatic carbocycles. The third-order valence-electron chi connectivity index (χ3n) is 3.09. The first kappa shape index (κ1) is 14.6. The van der Waals surface area contributed by atoms with E-state index in [1.165, 1.54) is 17.0 Å². The van der Waals surface area contributed by atoms with Crippen LogP contribution in [0.5, 0.6) is 5.75 Å². The zero-order valence-electron chi connectivity index (χ0n) is 11.6. The first-order valence-corrected chi connectivity index (χ1v) is 6.37. The molecule has 3 N–H and O–H groups in total. The van der Waals surface area contributed by atoms with Gasteiger partial charge in [0.1, 0.15) is 11.3 Å². The Hall–Kier alpha value is -2.83. The topological polar surface area (TPSA) is 106 Å². The van der Waals surface area contributed by atoms with Crippen LogP contribution in [0.25, 0.3) is 0 Å². The summed E-state index contributed by atoms with van der Waals surface area (Å²) in [4.78, 5) is 40.8. The SMILES string of the molecule is CCN(C(=O)c1c[nH]c(=O)[nH]c1=O)c1cc(O)ccc1C. The van der Waals surface area contributed by atoms with Crippen molar-refractivity contribution in [3.63, 3.8) is 0 Å². The van der Waals surface area contributed by atoms with Gasteiger partial charge in [-0.2, -0.15) is 0 Å². The van der Waals surface area contributed by atoms with Crippen molar-refractivity contribution >= 4 is 11.6 Å². The maximum atomic E-state index is 12.5. The minimum Gasteiger partial charge on any atom is -0.508 e. The van der Waals surface area contributed by atoms with Gasteiger partial charge < -0.3 is 15.0 Å². The van der Waals surface area contributed by atoms with Crippen molar-refractivity contribution in [3.8, 4) is 5.75 Å². The minimum atomic E-state index is -0.750. The number of aromatic hydroxyl groups is 1. The Morgan fingerprint density at radius 1 is 1.33 bits per heavy atom. The molecule has 0 atom stereocenters. The van der Waals surface area contributed by atoms with E-state index in [9.17, 15) is 19.5 Å². The molecule has 0 aliphatic heterocycles. The highest BCUT2D eigenvalue weighted by Crippen LogP contribution is 2.25. The Kier molecular flexibility index (Phi) is 3.93. The van der Waals surface area contributed by atoms with Gasteiger partial charge in [0.25, 0.3) is 11.5 Å². The third-order valence-corrected chi connectivity index (χ3v) is 3.09. The van der Waals surface area contributed by atoms with Crippen molar-refractivity contribution < 1.29 is 9.90 Å². The number of benzene rings is 1. The Bertz CT molecular complexity index is 791. The average Bonchev–Trinajstić information content (AvgIpc) is 2.43. The molecule has 1 heterocycles. The summed E-state index contributed by atoms with van der Waals surface area (Å²) < 4.78 is 0. The highest BCUT2D eigenvalue weighted by molar-refractivity contribution is 6.06. The summed E-state index contributed by atoms with van der Waals surface area (Å²) in [6.45, 7) is 3.85. The lowest BCUT2D eigenvalue weighted by atomic mass is 10.1. The molecule has 21 heavy (non-hydrogen) atoms. The number of anilines is 1. The Morgan fingerprint density at radius 2 is 2.05 bits per heavy atom. The number of carbonyl (C=O) groups excluding carboxylic acids is 1. The molecule has 0 bridgehead atoms. The minimum absolute atomic E-state index is 0.0252. The molecule has 0 unspecified atom stereocenters. The summed E-state index contributed by atoms with van der Waals surface area (Å²) in [7, 11) is 0. The molecular weight excluding hydrogens is 274 g/mol. The van der Waals surface area contributed by atoms with Gasteiger partial charge in [0, 0.05) is 18.8 Å². The van der Waals surface area contributed by atoms with Gasteiger partial charge in [-0.15, -0.1) is 0 Å². The zero-order chi connectivity index (χ0) is 15.6. The van der Waals surface area contributed by atoms with Crippen LogP contribution < -0.4 is 16.1 Å². The number of phenolic OH excluding ortho intramolecular Hbond substituents is 1. The smallest absolute Gasteiger partial charge is 0.325 e. The molecule has 0 spiro atoms. The number of rotatable bonds is 3. The Labute approximate surface area is 119 Å². The molecule has 0 fully saturated rings. The maximum Gasteiger partial charge on any atom is 0.325 e. The monoisotopic (exact) mass is 289 g/mol. The molecule has 110 valence electrons.